The number of nitrogens with two attached hydrogens (primary N) is 1. The van der Waals surface area contributed by atoms with Crippen LogP contribution >= 0.6 is 11.3 Å². The van der Waals surface area contributed by atoms with E-state index in [1.165, 1.54) is 24.2 Å². The Balaban J connectivity index is 1.88. The molecule has 1 heterocycles. The second-order valence-corrected chi connectivity index (χ2v) is 7.60. The van der Waals surface area contributed by atoms with Gasteiger partial charge in [-0.25, -0.2) is 5.84 Å². The molecule has 0 spiro atoms. The van der Waals surface area contributed by atoms with Gasteiger partial charge in [-0.1, -0.05) is 13.8 Å². The van der Waals surface area contributed by atoms with E-state index in [0.717, 1.165) is 23.3 Å². The van der Waals surface area contributed by atoms with Gasteiger partial charge in [0, 0.05) is 4.88 Å². The second-order valence-electron chi connectivity index (χ2n) is 6.34. The van der Waals surface area contributed by atoms with E-state index in [-0.39, 0.29) is 5.91 Å². The molecule has 1 amide bonds. The molecule has 20 heavy (non-hydrogen) atoms. The van der Waals surface area contributed by atoms with E-state index < -0.39 is 0 Å². The van der Waals surface area contributed by atoms with E-state index >= 15 is 0 Å². The zero-order valence-corrected chi connectivity index (χ0v) is 13.3. The van der Waals surface area contributed by atoms with Gasteiger partial charge in [-0.3, -0.25) is 10.2 Å². The highest BCUT2D eigenvalue weighted by atomic mass is 32.1. The van der Waals surface area contributed by atoms with Gasteiger partial charge in [-0.15, -0.1) is 11.3 Å². The van der Waals surface area contributed by atoms with Crippen molar-refractivity contribution >= 4 is 17.2 Å². The van der Waals surface area contributed by atoms with Gasteiger partial charge in [-0.2, -0.15) is 0 Å². The van der Waals surface area contributed by atoms with Crippen molar-refractivity contribution < 1.29 is 9.53 Å². The average molecular weight is 296 g/mol. The zero-order chi connectivity index (χ0) is 14.8. The fraction of sp³-hybridized carbons (Fsp3) is 0.667. The summed E-state index contributed by atoms with van der Waals surface area (Å²) in [4.78, 5) is 13.3. The Bertz CT molecular complexity index is 472. The SMILES string of the molecule is Cc1sc(C(=O)NN)cc1COC1CCC(C)(C)CC1. The van der Waals surface area contributed by atoms with E-state index in [1.807, 2.05) is 13.0 Å². The number of ether oxygens (including phenoxy) is 1. The first kappa shape index (κ1) is 15.5. The highest BCUT2D eigenvalue weighted by Gasteiger charge is 2.27. The Hall–Kier alpha value is -0.910. The van der Waals surface area contributed by atoms with Gasteiger partial charge in [0.25, 0.3) is 5.91 Å². The lowest BCUT2D eigenvalue weighted by molar-refractivity contribution is -0.00562. The number of amides is 1. The highest BCUT2D eigenvalue weighted by Crippen LogP contribution is 2.36. The summed E-state index contributed by atoms with van der Waals surface area (Å²) >= 11 is 1.46. The molecule has 3 N–H and O–H groups in total. The van der Waals surface area contributed by atoms with Gasteiger partial charge in [0.15, 0.2) is 0 Å². The number of thiophene rings is 1. The van der Waals surface area contributed by atoms with E-state index in [0.29, 0.717) is 23.0 Å². The number of aryl methyl sites for hydroxylation is 1. The van der Waals surface area contributed by atoms with Crippen LogP contribution in [0.5, 0.6) is 0 Å². The number of carbonyl (C=O) groups is 1. The van der Waals surface area contributed by atoms with Crippen molar-refractivity contribution in [2.45, 2.75) is 59.2 Å². The molecule has 5 heteroatoms. The maximum absolute atomic E-state index is 11.5. The van der Waals surface area contributed by atoms with Crippen molar-refractivity contribution in [2.24, 2.45) is 11.3 Å². The Morgan fingerprint density at radius 1 is 1.50 bits per heavy atom. The number of nitrogen functional groups attached to an aromatic ring is 1. The van der Waals surface area contributed by atoms with Crippen molar-refractivity contribution in [3.8, 4) is 0 Å². The molecule has 112 valence electrons. The predicted molar refractivity (Wildman–Crippen MR) is 81.5 cm³/mol. The number of hydrogen-bond donors (Lipinski definition) is 2. The van der Waals surface area contributed by atoms with E-state index in [9.17, 15) is 4.79 Å². The standard InChI is InChI=1S/C15H24N2O2S/c1-10-11(8-13(20-10)14(18)17-16)9-19-12-4-6-15(2,3)7-5-12/h8,12H,4-7,9,16H2,1-3H3,(H,17,18). The number of hydrazine groups is 1. The summed E-state index contributed by atoms with van der Waals surface area (Å²) in [5.74, 6) is 4.92. The quantitative estimate of drug-likeness (QED) is 0.509. The summed E-state index contributed by atoms with van der Waals surface area (Å²) < 4.78 is 6.01. The third-order valence-corrected chi connectivity index (χ3v) is 5.23. The molecule has 0 atom stereocenters. The third-order valence-electron chi connectivity index (χ3n) is 4.14. The van der Waals surface area contributed by atoms with Crippen molar-refractivity contribution in [2.75, 3.05) is 0 Å². The summed E-state index contributed by atoms with van der Waals surface area (Å²) in [6, 6.07) is 1.88. The molecule has 1 fully saturated rings. The minimum absolute atomic E-state index is 0.233. The van der Waals surface area contributed by atoms with Crippen LogP contribution in [-0.2, 0) is 11.3 Å². The molecule has 2 rings (SSSR count). The van der Waals surface area contributed by atoms with Crippen LogP contribution in [0, 0.1) is 12.3 Å². The van der Waals surface area contributed by atoms with Crippen molar-refractivity contribution in [1.82, 2.24) is 5.43 Å². The largest absolute Gasteiger partial charge is 0.374 e. The summed E-state index contributed by atoms with van der Waals surface area (Å²) in [5.41, 5.74) is 3.73. The molecule has 0 radical (unpaired) electrons. The smallest absolute Gasteiger partial charge is 0.275 e. The molecule has 1 aromatic rings. The van der Waals surface area contributed by atoms with Crippen molar-refractivity contribution in [3.63, 3.8) is 0 Å². The Morgan fingerprint density at radius 2 is 2.15 bits per heavy atom. The normalized spacial score (nSPS) is 19.0. The molecule has 0 saturated heterocycles. The molecule has 1 aromatic heterocycles. The second kappa shape index (κ2) is 6.24. The Labute approximate surface area is 124 Å². The maximum Gasteiger partial charge on any atom is 0.275 e. The zero-order valence-electron chi connectivity index (χ0n) is 12.5. The minimum Gasteiger partial charge on any atom is -0.374 e. The van der Waals surface area contributed by atoms with Crippen LogP contribution in [0.1, 0.15) is 59.6 Å². The molecule has 1 aliphatic rings. The molecule has 0 unspecified atom stereocenters. The van der Waals surface area contributed by atoms with E-state index in [4.69, 9.17) is 10.6 Å². The number of carbonyl (C=O) groups excluding carboxylic acids is 1. The minimum atomic E-state index is -0.233. The molecule has 0 bridgehead atoms. The van der Waals surface area contributed by atoms with Gasteiger partial charge < -0.3 is 4.74 Å². The molecule has 4 nitrogen and oxygen atoms in total. The Morgan fingerprint density at radius 3 is 2.75 bits per heavy atom. The number of rotatable bonds is 4. The lowest BCUT2D eigenvalue weighted by Crippen LogP contribution is -2.29. The highest BCUT2D eigenvalue weighted by molar-refractivity contribution is 7.14. The van der Waals surface area contributed by atoms with Crippen LogP contribution < -0.4 is 11.3 Å². The fourth-order valence-electron chi connectivity index (χ4n) is 2.59. The Kier molecular flexibility index (Phi) is 4.83. The summed E-state index contributed by atoms with van der Waals surface area (Å²) in [6.07, 6.45) is 5.06. The van der Waals surface area contributed by atoms with Crippen molar-refractivity contribution in [3.05, 3.63) is 21.4 Å². The van der Waals surface area contributed by atoms with Gasteiger partial charge >= 0.3 is 0 Å². The van der Waals surface area contributed by atoms with Crippen LogP contribution in [0.3, 0.4) is 0 Å². The lowest BCUT2D eigenvalue weighted by Gasteiger charge is -2.34. The van der Waals surface area contributed by atoms with Crippen LogP contribution in [0.4, 0.5) is 0 Å². The van der Waals surface area contributed by atoms with Gasteiger partial charge in [0.05, 0.1) is 17.6 Å². The first-order valence-electron chi connectivity index (χ1n) is 7.13. The van der Waals surface area contributed by atoms with Crippen molar-refractivity contribution in [1.29, 1.82) is 0 Å². The first-order chi connectivity index (χ1) is 9.41. The van der Waals surface area contributed by atoms with Crippen LogP contribution in [0.15, 0.2) is 6.07 Å². The predicted octanol–water partition coefficient (Wildman–Crippen LogP) is 3.15. The topological polar surface area (TPSA) is 64.4 Å². The number of nitrogens with one attached hydrogen (secondary N) is 1. The van der Waals surface area contributed by atoms with Gasteiger partial charge in [0.2, 0.25) is 0 Å². The van der Waals surface area contributed by atoms with E-state index in [1.54, 1.807) is 0 Å². The van der Waals surface area contributed by atoms with Gasteiger partial charge in [-0.05, 0) is 49.7 Å². The monoisotopic (exact) mass is 296 g/mol. The fourth-order valence-corrected chi connectivity index (χ4v) is 3.52. The first-order valence-corrected chi connectivity index (χ1v) is 7.95. The summed E-state index contributed by atoms with van der Waals surface area (Å²) in [5, 5.41) is 0. The maximum atomic E-state index is 11.5. The van der Waals surface area contributed by atoms with Crippen LogP contribution in [0.2, 0.25) is 0 Å². The summed E-state index contributed by atoms with van der Waals surface area (Å²) in [6.45, 7) is 7.25. The molecular weight excluding hydrogens is 272 g/mol. The third kappa shape index (κ3) is 3.81. The average Bonchev–Trinajstić information content (AvgIpc) is 2.78. The molecule has 0 aliphatic heterocycles. The molecule has 1 saturated carbocycles. The number of hydrogen-bond acceptors (Lipinski definition) is 4. The van der Waals surface area contributed by atoms with Gasteiger partial charge in [0.1, 0.15) is 0 Å². The molecule has 1 aliphatic carbocycles. The summed E-state index contributed by atoms with van der Waals surface area (Å²) in [7, 11) is 0. The van der Waals surface area contributed by atoms with Crippen LogP contribution in [-0.4, -0.2) is 12.0 Å². The molecular formula is C15H24N2O2S. The lowest BCUT2D eigenvalue weighted by atomic mass is 9.76. The van der Waals surface area contributed by atoms with E-state index in [2.05, 4.69) is 19.3 Å². The van der Waals surface area contributed by atoms with Crippen LogP contribution in [0.25, 0.3) is 0 Å². The molecule has 0 aromatic carbocycles.